The third-order valence-electron chi connectivity index (χ3n) is 4.61. The van der Waals surface area contributed by atoms with Gasteiger partial charge >= 0.3 is 6.03 Å². The van der Waals surface area contributed by atoms with Crippen LogP contribution in [0.4, 0.5) is 9.80 Å². The lowest BCUT2D eigenvalue weighted by Crippen LogP contribution is -2.47. The molecule has 0 aromatic carbocycles. The average molecular weight is 367 g/mol. The molecule has 0 unspecified atom stereocenters. The monoisotopic (exact) mass is 366 g/mol. The number of rotatable bonds is 2. The summed E-state index contributed by atoms with van der Waals surface area (Å²) in [5, 5.41) is 14.4. The van der Waals surface area contributed by atoms with Crippen LogP contribution in [0.3, 0.4) is 0 Å². The molecule has 1 aromatic heterocycles. The fourth-order valence-corrected chi connectivity index (χ4v) is 4.29. The third-order valence-corrected chi connectivity index (χ3v) is 5.93. The summed E-state index contributed by atoms with van der Waals surface area (Å²) >= 11 is 7.18. The van der Waals surface area contributed by atoms with Crippen molar-refractivity contribution in [3.05, 3.63) is 16.0 Å². The van der Waals surface area contributed by atoms with Gasteiger partial charge in [-0.15, -0.1) is 11.3 Å². The molecular formula is C16H19ClN4O2S. The van der Waals surface area contributed by atoms with Gasteiger partial charge in [-0.2, -0.15) is 5.26 Å². The lowest BCUT2D eigenvalue weighted by Gasteiger charge is -2.33. The summed E-state index contributed by atoms with van der Waals surface area (Å²) < 4.78 is 0. The lowest BCUT2D eigenvalue weighted by atomic mass is 9.96. The summed E-state index contributed by atoms with van der Waals surface area (Å²) in [6.45, 7) is 2.89. The van der Waals surface area contributed by atoms with Crippen molar-refractivity contribution in [1.82, 2.24) is 9.80 Å². The Morgan fingerprint density at radius 2 is 1.83 bits per heavy atom. The van der Waals surface area contributed by atoms with Crippen LogP contribution in [0.5, 0.6) is 0 Å². The second-order valence-electron chi connectivity index (χ2n) is 6.13. The minimum absolute atomic E-state index is 0.0988. The number of anilines is 1. The second-order valence-corrected chi connectivity index (χ2v) is 7.41. The van der Waals surface area contributed by atoms with Crippen molar-refractivity contribution >= 4 is 39.9 Å². The first kappa shape index (κ1) is 17.1. The maximum absolute atomic E-state index is 12.4. The van der Waals surface area contributed by atoms with Crippen molar-refractivity contribution in [2.75, 3.05) is 31.5 Å². The van der Waals surface area contributed by atoms with Crippen molar-refractivity contribution in [2.45, 2.75) is 25.7 Å². The van der Waals surface area contributed by atoms with Gasteiger partial charge < -0.3 is 15.1 Å². The molecule has 2 aliphatic heterocycles. The maximum Gasteiger partial charge on any atom is 0.319 e. The van der Waals surface area contributed by atoms with E-state index in [-0.39, 0.29) is 17.9 Å². The number of piperidine rings is 1. The zero-order valence-electron chi connectivity index (χ0n) is 13.3. The van der Waals surface area contributed by atoms with Gasteiger partial charge in [0, 0.05) is 37.5 Å². The van der Waals surface area contributed by atoms with E-state index in [0.29, 0.717) is 41.5 Å². The van der Waals surface area contributed by atoms with Crippen LogP contribution in [-0.4, -0.2) is 47.9 Å². The highest BCUT2D eigenvalue weighted by molar-refractivity contribution is 7.15. The number of carbonyl (C=O) groups is 2. The van der Waals surface area contributed by atoms with Gasteiger partial charge in [-0.1, -0.05) is 11.6 Å². The van der Waals surface area contributed by atoms with E-state index in [0.717, 1.165) is 25.9 Å². The number of amides is 3. The van der Waals surface area contributed by atoms with E-state index in [4.69, 9.17) is 16.9 Å². The molecule has 2 fully saturated rings. The van der Waals surface area contributed by atoms with E-state index < -0.39 is 0 Å². The summed E-state index contributed by atoms with van der Waals surface area (Å²) in [6.07, 6.45) is 3.45. The Bertz CT molecular complexity index is 670. The Hall–Kier alpha value is -1.78. The van der Waals surface area contributed by atoms with E-state index >= 15 is 0 Å². The number of hydrogen-bond donors (Lipinski definition) is 1. The Morgan fingerprint density at radius 1 is 1.21 bits per heavy atom. The standard InChI is InChI=1S/C16H19ClN4O2S/c17-13-10-24-15(12(13)9-18)19-14(22)11-3-7-21(8-4-11)16(23)20-5-1-2-6-20/h10-11H,1-8H2,(H,19,22). The molecule has 2 saturated heterocycles. The third kappa shape index (κ3) is 3.50. The number of urea groups is 1. The Kier molecular flexibility index (Phi) is 5.27. The van der Waals surface area contributed by atoms with Crippen molar-refractivity contribution in [3.63, 3.8) is 0 Å². The molecular weight excluding hydrogens is 348 g/mol. The molecule has 0 radical (unpaired) electrons. The summed E-state index contributed by atoms with van der Waals surface area (Å²) in [4.78, 5) is 28.5. The first-order valence-corrected chi connectivity index (χ1v) is 9.37. The average Bonchev–Trinajstić information content (AvgIpc) is 3.24. The highest BCUT2D eigenvalue weighted by Gasteiger charge is 2.30. The van der Waals surface area contributed by atoms with Crippen LogP contribution >= 0.6 is 22.9 Å². The number of nitriles is 1. The van der Waals surface area contributed by atoms with Crippen LogP contribution in [-0.2, 0) is 4.79 Å². The smallest absolute Gasteiger partial charge is 0.319 e. The normalized spacial score (nSPS) is 18.5. The molecule has 3 amide bonds. The van der Waals surface area contributed by atoms with Crippen LogP contribution in [0.15, 0.2) is 5.38 Å². The van der Waals surface area contributed by atoms with Gasteiger partial charge in [0.25, 0.3) is 0 Å². The van der Waals surface area contributed by atoms with Crippen molar-refractivity contribution in [2.24, 2.45) is 5.92 Å². The van der Waals surface area contributed by atoms with E-state index in [2.05, 4.69) is 5.32 Å². The number of nitrogens with one attached hydrogen (secondary N) is 1. The SMILES string of the molecule is N#Cc1c(Cl)csc1NC(=O)C1CCN(C(=O)N2CCCC2)CC1. The molecule has 6 nitrogen and oxygen atoms in total. The fourth-order valence-electron chi connectivity index (χ4n) is 3.19. The molecule has 1 N–H and O–H groups in total. The highest BCUT2D eigenvalue weighted by atomic mass is 35.5. The van der Waals surface area contributed by atoms with Crippen LogP contribution in [0.2, 0.25) is 5.02 Å². The molecule has 3 rings (SSSR count). The molecule has 24 heavy (non-hydrogen) atoms. The molecule has 0 spiro atoms. The Balaban J connectivity index is 1.53. The molecule has 3 heterocycles. The zero-order valence-corrected chi connectivity index (χ0v) is 14.8. The maximum atomic E-state index is 12.4. The van der Waals surface area contributed by atoms with Gasteiger partial charge in [0.2, 0.25) is 5.91 Å². The number of hydrogen-bond acceptors (Lipinski definition) is 4. The predicted molar refractivity (Wildman–Crippen MR) is 93.2 cm³/mol. The fraction of sp³-hybridized carbons (Fsp3) is 0.562. The minimum Gasteiger partial charge on any atom is -0.325 e. The summed E-state index contributed by atoms with van der Waals surface area (Å²) in [6, 6.07) is 2.11. The summed E-state index contributed by atoms with van der Waals surface area (Å²) in [5.74, 6) is -0.238. The first-order chi connectivity index (χ1) is 11.6. The van der Waals surface area contributed by atoms with Gasteiger partial charge in [0.1, 0.15) is 16.6 Å². The van der Waals surface area contributed by atoms with Crippen molar-refractivity contribution in [3.8, 4) is 6.07 Å². The number of likely N-dealkylation sites (tertiary alicyclic amines) is 2. The quantitative estimate of drug-likeness (QED) is 0.873. The van der Waals surface area contributed by atoms with Gasteiger partial charge in [-0.25, -0.2) is 4.79 Å². The van der Waals surface area contributed by atoms with E-state index in [1.165, 1.54) is 11.3 Å². The minimum atomic E-state index is -0.139. The highest BCUT2D eigenvalue weighted by Crippen LogP contribution is 2.32. The van der Waals surface area contributed by atoms with Gasteiger partial charge in [0.05, 0.1) is 5.02 Å². The van der Waals surface area contributed by atoms with E-state index in [1.807, 2.05) is 15.9 Å². The van der Waals surface area contributed by atoms with Gasteiger partial charge in [-0.3, -0.25) is 4.79 Å². The molecule has 0 bridgehead atoms. The summed E-state index contributed by atoms with van der Waals surface area (Å²) in [7, 11) is 0. The Labute approximate surface area is 150 Å². The van der Waals surface area contributed by atoms with Crippen molar-refractivity contribution in [1.29, 1.82) is 5.26 Å². The van der Waals surface area contributed by atoms with Crippen LogP contribution in [0.1, 0.15) is 31.2 Å². The number of halogens is 1. The number of carbonyl (C=O) groups excluding carboxylic acids is 2. The van der Waals surface area contributed by atoms with Crippen molar-refractivity contribution < 1.29 is 9.59 Å². The van der Waals surface area contributed by atoms with Crippen LogP contribution in [0, 0.1) is 17.2 Å². The molecule has 1 aromatic rings. The molecule has 128 valence electrons. The molecule has 0 saturated carbocycles. The topological polar surface area (TPSA) is 76.4 Å². The lowest BCUT2D eigenvalue weighted by molar-refractivity contribution is -0.121. The predicted octanol–water partition coefficient (Wildman–Crippen LogP) is 3.14. The molecule has 0 atom stereocenters. The van der Waals surface area contributed by atoms with Gasteiger partial charge in [-0.05, 0) is 25.7 Å². The molecule has 8 heteroatoms. The number of nitrogens with zero attached hydrogens (tertiary/aromatic N) is 3. The Morgan fingerprint density at radius 3 is 2.46 bits per heavy atom. The van der Waals surface area contributed by atoms with Crippen LogP contribution < -0.4 is 5.32 Å². The van der Waals surface area contributed by atoms with E-state index in [1.54, 1.807) is 5.38 Å². The summed E-state index contributed by atoms with van der Waals surface area (Å²) in [5.41, 5.74) is 0.316. The van der Waals surface area contributed by atoms with E-state index in [9.17, 15) is 9.59 Å². The van der Waals surface area contributed by atoms with Crippen LogP contribution in [0.25, 0.3) is 0 Å². The zero-order chi connectivity index (χ0) is 17.1. The first-order valence-electron chi connectivity index (χ1n) is 8.12. The largest absolute Gasteiger partial charge is 0.325 e. The number of thiophene rings is 1. The molecule has 0 aliphatic carbocycles. The van der Waals surface area contributed by atoms with Gasteiger partial charge in [0.15, 0.2) is 0 Å². The second kappa shape index (κ2) is 7.41. The molecule has 2 aliphatic rings.